The summed E-state index contributed by atoms with van der Waals surface area (Å²) in [6, 6.07) is 17.2. The van der Waals surface area contributed by atoms with Crippen molar-refractivity contribution >= 4 is 56.1 Å². The van der Waals surface area contributed by atoms with Gasteiger partial charge >= 0.3 is 0 Å². The fourth-order valence-electron chi connectivity index (χ4n) is 3.41. The molecule has 1 amide bonds. The van der Waals surface area contributed by atoms with Gasteiger partial charge in [-0.3, -0.25) is 14.2 Å². The Labute approximate surface area is 191 Å². The number of aromatic nitrogens is 3. The van der Waals surface area contributed by atoms with Crippen LogP contribution < -0.4 is 10.9 Å². The van der Waals surface area contributed by atoms with Gasteiger partial charge < -0.3 is 5.32 Å². The third kappa shape index (κ3) is 4.13. The number of anilines is 1. The van der Waals surface area contributed by atoms with Crippen LogP contribution in [0.1, 0.15) is 12.6 Å². The second-order valence-electron chi connectivity index (χ2n) is 7.10. The van der Waals surface area contributed by atoms with Crippen molar-refractivity contribution in [3.8, 4) is 5.69 Å². The molecule has 0 saturated heterocycles. The molecule has 1 aliphatic heterocycles. The molecule has 0 fully saturated rings. The summed E-state index contributed by atoms with van der Waals surface area (Å²) < 4.78 is 2.63. The number of hydrogen-bond acceptors (Lipinski definition) is 7. The first-order chi connectivity index (χ1) is 15.1. The molecule has 31 heavy (non-hydrogen) atoms. The molecular formula is C22H18N4O2S3. The smallest absolute Gasteiger partial charge is 0.272 e. The number of carbonyl (C=O) groups excluding carboxylic acids is 1. The normalized spacial score (nSPS) is 15.2. The van der Waals surface area contributed by atoms with Crippen LogP contribution in [0, 0.1) is 0 Å². The number of thioether (sulfide) groups is 2. The number of fused-ring (bicyclic) bond motifs is 2. The van der Waals surface area contributed by atoms with Crippen LogP contribution in [0.4, 0.5) is 5.13 Å². The summed E-state index contributed by atoms with van der Waals surface area (Å²) >= 11 is 4.28. The van der Waals surface area contributed by atoms with Crippen LogP contribution in [-0.4, -0.2) is 31.4 Å². The van der Waals surface area contributed by atoms with Gasteiger partial charge in [0.1, 0.15) is 0 Å². The number of thiazole rings is 1. The molecule has 1 aliphatic rings. The molecular weight excluding hydrogens is 448 g/mol. The Morgan fingerprint density at radius 2 is 1.94 bits per heavy atom. The molecule has 0 spiro atoms. The van der Waals surface area contributed by atoms with Gasteiger partial charge in [-0.2, -0.15) is 0 Å². The van der Waals surface area contributed by atoms with Gasteiger partial charge in [0.15, 0.2) is 10.3 Å². The van der Waals surface area contributed by atoms with E-state index < -0.39 is 0 Å². The number of para-hydroxylation sites is 2. The Kier molecular flexibility index (Phi) is 5.56. The standard InChI is InChI=1S/C22H18N4O2S3/c1-13-11-16-19(30-13)20(28)26(14-7-3-2-4-8-14)22(24-16)29-12-18(27)25-21-23-15-9-5-6-10-17(15)31-21/h2-10,13H,11-12H2,1H3,(H,23,25,27). The summed E-state index contributed by atoms with van der Waals surface area (Å²) in [4.78, 5) is 35.8. The zero-order chi connectivity index (χ0) is 21.4. The number of benzene rings is 2. The molecule has 6 nitrogen and oxygen atoms in total. The highest BCUT2D eigenvalue weighted by atomic mass is 32.2. The van der Waals surface area contributed by atoms with Crippen molar-refractivity contribution in [3.63, 3.8) is 0 Å². The van der Waals surface area contributed by atoms with Gasteiger partial charge in [-0.15, -0.1) is 11.8 Å². The number of rotatable bonds is 5. The van der Waals surface area contributed by atoms with Crippen LogP contribution in [0.5, 0.6) is 0 Å². The third-order valence-corrected chi connectivity index (χ3v) is 7.87. The van der Waals surface area contributed by atoms with E-state index in [-0.39, 0.29) is 17.2 Å². The monoisotopic (exact) mass is 466 g/mol. The maximum absolute atomic E-state index is 13.2. The highest BCUT2D eigenvalue weighted by molar-refractivity contribution is 8.00. The second kappa shape index (κ2) is 8.49. The van der Waals surface area contributed by atoms with Crippen molar-refractivity contribution in [2.75, 3.05) is 11.1 Å². The lowest BCUT2D eigenvalue weighted by Gasteiger charge is -2.13. The summed E-state index contributed by atoms with van der Waals surface area (Å²) in [7, 11) is 0. The molecule has 3 heterocycles. The van der Waals surface area contributed by atoms with Crippen LogP contribution in [0.3, 0.4) is 0 Å². The third-order valence-electron chi connectivity index (χ3n) is 4.77. The molecule has 0 bridgehead atoms. The molecule has 2 aromatic carbocycles. The minimum Gasteiger partial charge on any atom is -0.301 e. The first-order valence-corrected chi connectivity index (χ1v) is 12.4. The number of hydrogen-bond donors (Lipinski definition) is 1. The van der Waals surface area contributed by atoms with E-state index >= 15 is 0 Å². The average Bonchev–Trinajstić information content (AvgIpc) is 3.35. The molecule has 1 atom stereocenters. The summed E-state index contributed by atoms with van der Waals surface area (Å²) in [6.07, 6.45) is 0.760. The number of amides is 1. The van der Waals surface area contributed by atoms with Crippen molar-refractivity contribution in [1.29, 1.82) is 0 Å². The second-order valence-corrected chi connectivity index (χ2v) is 10.5. The lowest BCUT2D eigenvalue weighted by molar-refractivity contribution is -0.113. The minimum absolute atomic E-state index is 0.0698. The fraction of sp³-hybridized carbons (Fsp3) is 0.182. The zero-order valence-electron chi connectivity index (χ0n) is 16.6. The molecule has 1 unspecified atom stereocenters. The van der Waals surface area contributed by atoms with Crippen LogP contribution >= 0.6 is 34.9 Å². The Morgan fingerprint density at radius 1 is 1.16 bits per heavy atom. The van der Waals surface area contributed by atoms with E-state index in [9.17, 15) is 9.59 Å². The summed E-state index contributed by atoms with van der Waals surface area (Å²) in [6.45, 7) is 2.09. The predicted molar refractivity (Wildman–Crippen MR) is 128 cm³/mol. The largest absolute Gasteiger partial charge is 0.301 e. The molecule has 5 rings (SSSR count). The van der Waals surface area contributed by atoms with Crippen LogP contribution in [-0.2, 0) is 11.2 Å². The van der Waals surface area contributed by atoms with Crippen LogP contribution in [0.2, 0.25) is 0 Å². The van der Waals surface area contributed by atoms with Crippen molar-refractivity contribution in [1.82, 2.24) is 14.5 Å². The molecule has 0 saturated carbocycles. The molecule has 2 aromatic heterocycles. The Balaban J connectivity index is 1.40. The lowest BCUT2D eigenvalue weighted by Crippen LogP contribution is -2.24. The van der Waals surface area contributed by atoms with Crippen molar-refractivity contribution in [2.45, 2.75) is 28.6 Å². The molecule has 156 valence electrons. The highest BCUT2D eigenvalue weighted by Crippen LogP contribution is 2.35. The van der Waals surface area contributed by atoms with Gasteiger partial charge in [0, 0.05) is 11.7 Å². The summed E-state index contributed by atoms with van der Waals surface area (Å²) in [5.41, 5.74) is 2.36. The van der Waals surface area contributed by atoms with E-state index in [0.717, 1.165) is 28.0 Å². The predicted octanol–water partition coefficient (Wildman–Crippen LogP) is 4.61. The van der Waals surface area contributed by atoms with E-state index in [1.807, 2.05) is 54.6 Å². The zero-order valence-corrected chi connectivity index (χ0v) is 19.0. The molecule has 0 aliphatic carbocycles. The summed E-state index contributed by atoms with van der Waals surface area (Å²) in [5.74, 6) is -0.0439. The van der Waals surface area contributed by atoms with E-state index in [2.05, 4.69) is 17.2 Å². The summed E-state index contributed by atoms with van der Waals surface area (Å²) in [5, 5.41) is 4.28. The maximum Gasteiger partial charge on any atom is 0.272 e. The fourth-order valence-corrected chi connectivity index (χ4v) is 6.22. The van der Waals surface area contributed by atoms with Crippen molar-refractivity contribution < 1.29 is 4.79 Å². The van der Waals surface area contributed by atoms with Gasteiger partial charge in [-0.1, -0.05) is 60.4 Å². The number of nitrogens with one attached hydrogen (secondary N) is 1. The Bertz CT molecular complexity index is 1300. The molecule has 4 aromatic rings. The lowest BCUT2D eigenvalue weighted by atomic mass is 10.2. The van der Waals surface area contributed by atoms with Gasteiger partial charge in [-0.05, 0) is 24.3 Å². The van der Waals surface area contributed by atoms with Gasteiger partial charge in [0.05, 0.1) is 32.2 Å². The molecule has 0 radical (unpaired) electrons. The first-order valence-electron chi connectivity index (χ1n) is 9.75. The van der Waals surface area contributed by atoms with E-state index in [1.54, 1.807) is 16.3 Å². The van der Waals surface area contributed by atoms with Crippen LogP contribution in [0.25, 0.3) is 15.9 Å². The first kappa shape index (κ1) is 20.3. The van der Waals surface area contributed by atoms with E-state index in [0.29, 0.717) is 20.4 Å². The van der Waals surface area contributed by atoms with E-state index in [4.69, 9.17) is 4.98 Å². The highest BCUT2D eigenvalue weighted by Gasteiger charge is 2.27. The maximum atomic E-state index is 13.2. The van der Waals surface area contributed by atoms with Gasteiger partial charge in [0.2, 0.25) is 5.91 Å². The van der Waals surface area contributed by atoms with Crippen molar-refractivity contribution in [3.05, 3.63) is 70.6 Å². The van der Waals surface area contributed by atoms with Crippen LogP contribution in [0.15, 0.2) is 69.4 Å². The molecule has 1 N–H and O–H groups in total. The number of nitrogens with zero attached hydrogens (tertiary/aromatic N) is 3. The number of carbonyl (C=O) groups is 1. The SMILES string of the molecule is CC1Cc2nc(SCC(=O)Nc3nc4ccccc4s3)n(-c3ccccc3)c(=O)c2S1. The topological polar surface area (TPSA) is 76.9 Å². The van der Waals surface area contributed by atoms with Gasteiger partial charge in [0.25, 0.3) is 5.56 Å². The Morgan fingerprint density at radius 3 is 2.74 bits per heavy atom. The molecule has 9 heteroatoms. The Hall–Kier alpha value is -2.62. The van der Waals surface area contributed by atoms with Crippen molar-refractivity contribution in [2.24, 2.45) is 0 Å². The minimum atomic E-state index is -0.179. The van der Waals surface area contributed by atoms with Gasteiger partial charge in [-0.25, -0.2) is 9.97 Å². The average molecular weight is 467 g/mol. The van der Waals surface area contributed by atoms with E-state index in [1.165, 1.54) is 23.1 Å². The quantitative estimate of drug-likeness (QED) is 0.342.